The number of nitrogens with zero attached hydrogens (tertiary/aromatic N) is 1. The highest BCUT2D eigenvalue weighted by Gasteiger charge is 2.17. The molecule has 2 rings (SSSR count). The molecule has 4 heteroatoms. The van der Waals surface area contributed by atoms with Gasteiger partial charge in [-0.15, -0.1) is 0 Å². The third-order valence-corrected chi connectivity index (χ3v) is 4.06. The minimum Gasteiger partial charge on any atom is -0.350 e. The maximum Gasteiger partial charge on any atom is 0.240 e. The first-order valence-corrected chi connectivity index (χ1v) is 8.05. The van der Waals surface area contributed by atoms with Gasteiger partial charge in [0.05, 0.1) is 0 Å². The fraction of sp³-hybridized carbons (Fsp3) is 0.300. The Balaban J connectivity index is 2.06. The lowest BCUT2D eigenvalue weighted by Gasteiger charge is -2.23. The summed E-state index contributed by atoms with van der Waals surface area (Å²) in [5.74, 6) is -0.318. The van der Waals surface area contributed by atoms with Crippen LogP contribution in [0.25, 0.3) is 0 Å². The molecule has 0 heterocycles. The molecule has 0 radical (unpaired) electrons. The van der Waals surface area contributed by atoms with Crippen molar-refractivity contribution in [2.24, 2.45) is 0 Å². The van der Waals surface area contributed by atoms with Gasteiger partial charge in [-0.3, -0.25) is 9.59 Å². The van der Waals surface area contributed by atoms with Gasteiger partial charge >= 0.3 is 0 Å². The largest absolute Gasteiger partial charge is 0.350 e. The maximum absolute atomic E-state index is 12.3. The average molecular weight is 324 g/mol. The van der Waals surface area contributed by atoms with Crippen molar-refractivity contribution >= 4 is 17.5 Å². The Kier molecular flexibility index (Phi) is 5.74. The van der Waals surface area contributed by atoms with Crippen molar-refractivity contribution in [3.63, 3.8) is 0 Å². The van der Waals surface area contributed by atoms with Gasteiger partial charge in [-0.1, -0.05) is 42.0 Å². The van der Waals surface area contributed by atoms with Gasteiger partial charge in [-0.25, -0.2) is 0 Å². The number of amides is 2. The topological polar surface area (TPSA) is 49.4 Å². The smallest absolute Gasteiger partial charge is 0.240 e. The molecule has 0 saturated heterocycles. The second-order valence-electron chi connectivity index (χ2n) is 6.10. The van der Waals surface area contributed by atoms with Crippen LogP contribution < -0.4 is 10.2 Å². The third kappa shape index (κ3) is 4.44. The van der Waals surface area contributed by atoms with E-state index in [1.54, 1.807) is 0 Å². The van der Waals surface area contributed by atoms with E-state index in [1.807, 2.05) is 63.2 Å². The van der Waals surface area contributed by atoms with Crippen molar-refractivity contribution in [3.05, 3.63) is 64.7 Å². The van der Waals surface area contributed by atoms with E-state index in [2.05, 4.69) is 5.32 Å². The maximum atomic E-state index is 12.3. The molecular formula is C20H24N2O2. The molecule has 1 N–H and O–H groups in total. The number of rotatable bonds is 5. The Hall–Kier alpha value is -2.62. The zero-order chi connectivity index (χ0) is 17.7. The van der Waals surface area contributed by atoms with Gasteiger partial charge in [0.2, 0.25) is 11.8 Å². The molecule has 0 aliphatic heterocycles. The predicted molar refractivity (Wildman–Crippen MR) is 97.0 cm³/mol. The van der Waals surface area contributed by atoms with Crippen molar-refractivity contribution < 1.29 is 9.59 Å². The second-order valence-corrected chi connectivity index (χ2v) is 6.10. The Morgan fingerprint density at radius 3 is 2.33 bits per heavy atom. The molecule has 0 atom stereocenters. The van der Waals surface area contributed by atoms with Crippen LogP contribution >= 0.6 is 0 Å². The van der Waals surface area contributed by atoms with Crippen molar-refractivity contribution in [2.45, 2.75) is 34.2 Å². The van der Waals surface area contributed by atoms with Gasteiger partial charge in [0.1, 0.15) is 6.54 Å². The summed E-state index contributed by atoms with van der Waals surface area (Å²) in [5.41, 5.74) is 5.10. The molecule has 0 aliphatic rings. The normalized spacial score (nSPS) is 10.3. The number of aryl methyl sites for hydroxylation is 3. The van der Waals surface area contributed by atoms with E-state index in [0.717, 1.165) is 27.9 Å². The molecule has 0 aliphatic carbocycles. The number of nitrogens with one attached hydrogen (secondary N) is 1. The van der Waals surface area contributed by atoms with Crippen molar-refractivity contribution in [2.75, 3.05) is 11.4 Å². The standard InChI is InChI=1S/C20H24N2O2/c1-14-9-10-19(16(3)11-14)22(17(4)23)13-20(24)21-12-18-8-6-5-7-15(18)2/h5-11H,12-13H2,1-4H3,(H,21,24). The first-order chi connectivity index (χ1) is 11.4. The Bertz CT molecular complexity index is 753. The fourth-order valence-corrected chi connectivity index (χ4v) is 2.68. The number of benzene rings is 2. The third-order valence-electron chi connectivity index (χ3n) is 4.06. The molecule has 0 bridgehead atoms. The van der Waals surface area contributed by atoms with E-state index in [4.69, 9.17) is 0 Å². The summed E-state index contributed by atoms with van der Waals surface area (Å²) in [6.45, 7) is 7.93. The van der Waals surface area contributed by atoms with Crippen LogP contribution in [0.3, 0.4) is 0 Å². The highest BCUT2D eigenvalue weighted by Crippen LogP contribution is 2.21. The highest BCUT2D eigenvalue weighted by molar-refractivity contribution is 5.98. The quantitative estimate of drug-likeness (QED) is 0.917. The molecule has 4 nitrogen and oxygen atoms in total. The van der Waals surface area contributed by atoms with E-state index in [-0.39, 0.29) is 18.4 Å². The molecule has 0 aromatic heterocycles. The highest BCUT2D eigenvalue weighted by atomic mass is 16.2. The lowest BCUT2D eigenvalue weighted by Crippen LogP contribution is -2.40. The van der Waals surface area contributed by atoms with Gasteiger partial charge in [0.15, 0.2) is 0 Å². The molecule has 2 aromatic carbocycles. The minimum absolute atomic E-state index is 0.0190. The zero-order valence-electron chi connectivity index (χ0n) is 14.7. The van der Waals surface area contributed by atoms with E-state index in [1.165, 1.54) is 11.8 Å². The van der Waals surface area contributed by atoms with Crippen LogP contribution in [0.1, 0.15) is 29.2 Å². The molecular weight excluding hydrogens is 300 g/mol. The molecule has 0 saturated carbocycles. The van der Waals surface area contributed by atoms with E-state index >= 15 is 0 Å². The second kappa shape index (κ2) is 7.77. The zero-order valence-corrected chi connectivity index (χ0v) is 14.7. The summed E-state index contributed by atoms with van der Waals surface area (Å²) in [6.07, 6.45) is 0. The number of anilines is 1. The minimum atomic E-state index is -0.173. The van der Waals surface area contributed by atoms with Crippen molar-refractivity contribution in [3.8, 4) is 0 Å². The number of hydrogen-bond donors (Lipinski definition) is 1. The molecule has 24 heavy (non-hydrogen) atoms. The van der Waals surface area contributed by atoms with E-state index in [9.17, 15) is 9.59 Å². The summed E-state index contributed by atoms with van der Waals surface area (Å²) in [5, 5.41) is 2.89. The fourth-order valence-electron chi connectivity index (χ4n) is 2.68. The van der Waals surface area contributed by atoms with E-state index in [0.29, 0.717) is 6.54 Å². The number of carbonyl (C=O) groups is 2. The summed E-state index contributed by atoms with van der Waals surface area (Å²) in [7, 11) is 0. The molecule has 2 aromatic rings. The molecule has 126 valence electrons. The van der Waals surface area contributed by atoms with Crippen LogP contribution in [0.4, 0.5) is 5.69 Å². The number of hydrogen-bond acceptors (Lipinski definition) is 2. The lowest BCUT2D eigenvalue weighted by atomic mass is 10.1. The molecule has 0 fully saturated rings. The number of carbonyl (C=O) groups excluding carboxylic acids is 2. The molecule has 2 amide bonds. The van der Waals surface area contributed by atoms with Crippen molar-refractivity contribution in [1.29, 1.82) is 0 Å². The Labute approximate surface area is 143 Å². The summed E-state index contributed by atoms with van der Waals surface area (Å²) in [6, 6.07) is 13.8. The average Bonchev–Trinajstić information content (AvgIpc) is 2.52. The van der Waals surface area contributed by atoms with Gasteiger partial charge in [0.25, 0.3) is 0 Å². The SMILES string of the molecule is CC(=O)N(CC(=O)NCc1ccccc1C)c1ccc(C)cc1C. The van der Waals surface area contributed by atoms with Crippen LogP contribution in [0.5, 0.6) is 0 Å². The summed E-state index contributed by atoms with van der Waals surface area (Å²) < 4.78 is 0. The van der Waals surface area contributed by atoms with Crippen LogP contribution in [-0.2, 0) is 16.1 Å². The predicted octanol–water partition coefficient (Wildman–Crippen LogP) is 3.28. The Morgan fingerprint density at radius 2 is 1.71 bits per heavy atom. The van der Waals surface area contributed by atoms with Crippen LogP contribution in [0, 0.1) is 20.8 Å². The van der Waals surface area contributed by atoms with Crippen LogP contribution in [-0.4, -0.2) is 18.4 Å². The summed E-state index contributed by atoms with van der Waals surface area (Å²) >= 11 is 0. The Morgan fingerprint density at radius 1 is 1.00 bits per heavy atom. The molecule has 0 unspecified atom stereocenters. The molecule has 0 spiro atoms. The van der Waals surface area contributed by atoms with E-state index < -0.39 is 0 Å². The van der Waals surface area contributed by atoms with Crippen LogP contribution in [0.15, 0.2) is 42.5 Å². The van der Waals surface area contributed by atoms with Gasteiger partial charge < -0.3 is 10.2 Å². The van der Waals surface area contributed by atoms with Crippen LogP contribution in [0.2, 0.25) is 0 Å². The first kappa shape index (κ1) is 17.7. The summed E-state index contributed by atoms with van der Waals surface area (Å²) in [4.78, 5) is 25.8. The van der Waals surface area contributed by atoms with Crippen molar-refractivity contribution in [1.82, 2.24) is 5.32 Å². The first-order valence-electron chi connectivity index (χ1n) is 8.05. The lowest BCUT2D eigenvalue weighted by molar-refractivity contribution is -0.123. The monoisotopic (exact) mass is 324 g/mol. The van der Waals surface area contributed by atoms with Gasteiger partial charge in [-0.05, 0) is 43.5 Å². The van der Waals surface area contributed by atoms with Gasteiger partial charge in [0, 0.05) is 19.2 Å². The van der Waals surface area contributed by atoms with Gasteiger partial charge in [-0.2, -0.15) is 0 Å².